The lowest BCUT2D eigenvalue weighted by Gasteiger charge is -2.22. The first-order chi connectivity index (χ1) is 11.5. The topological polar surface area (TPSA) is 90.5 Å². The number of benzene rings is 1. The maximum atomic E-state index is 12.0. The van der Waals surface area contributed by atoms with Gasteiger partial charge in [-0.2, -0.15) is 0 Å². The molecule has 4 amide bonds. The predicted molar refractivity (Wildman–Crippen MR) is 91.6 cm³/mol. The molecule has 0 radical (unpaired) electrons. The van der Waals surface area contributed by atoms with Gasteiger partial charge in [0.05, 0.1) is 0 Å². The van der Waals surface area contributed by atoms with Crippen molar-refractivity contribution in [2.24, 2.45) is 0 Å². The lowest BCUT2D eigenvalue weighted by Crippen LogP contribution is -2.51. The van der Waals surface area contributed by atoms with Gasteiger partial charge in [-0.3, -0.25) is 9.59 Å². The molecule has 0 aromatic heterocycles. The Morgan fingerprint density at radius 1 is 1.33 bits per heavy atom. The van der Waals surface area contributed by atoms with E-state index < -0.39 is 12.1 Å². The number of hydrogen-bond donors (Lipinski definition) is 3. The summed E-state index contributed by atoms with van der Waals surface area (Å²) in [6.07, 6.45) is 2.53. The monoisotopic (exact) mass is 332 g/mol. The summed E-state index contributed by atoms with van der Waals surface area (Å²) >= 11 is 0. The van der Waals surface area contributed by atoms with Crippen LogP contribution >= 0.6 is 0 Å². The second-order valence-corrected chi connectivity index (χ2v) is 6.07. The minimum atomic E-state index is -0.486. The zero-order valence-corrected chi connectivity index (χ0v) is 14.1. The van der Waals surface area contributed by atoms with E-state index in [1.54, 1.807) is 25.1 Å². The van der Waals surface area contributed by atoms with Gasteiger partial charge < -0.3 is 20.9 Å². The van der Waals surface area contributed by atoms with Gasteiger partial charge >= 0.3 is 6.03 Å². The Morgan fingerprint density at radius 3 is 2.83 bits per heavy atom. The molecule has 1 aliphatic rings. The summed E-state index contributed by atoms with van der Waals surface area (Å²) in [5.74, 6) is -0.0817. The number of amides is 4. The third-order valence-electron chi connectivity index (χ3n) is 3.90. The molecule has 7 heteroatoms. The van der Waals surface area contributed by atoms with Crippen LogP contribution in [0, 0.1) is 0 Å². The second-order valence-electron chi connectivity index (χ2n) is 6.07. The normalized spacial score (nSPS) is 16.9. The van der Waals surface area contributed by atoms with Gasteiger partial charge in [0.25, 0.3) is 0 Å². The summed E-state index contributed by atoms with van der Waals surface area (Å²) in [5.41, 5.74) is 1.61. The lowest BCUT2D eigenvalue weighted by atomic mass is 10.1. The zero-order valence-electron chi connectivity index (χ0n) is 14.1. The van der Waals surface area contributed by atoms with Crippen LogP contribution in [0.3, 0.4) is 0 Å². The predicted octanol–water partition coefficient (Wildman–Crippen LogP) is 1.11. The van der Waals surface area contributed by atoms with Crippen molar-refractivity contribution in [2.45, 2.75) is 31.7 Å². The summed E-state index contributed by atoms with van der Waals surface area (Å²) in [6, 6.07) is 6.47. The molecular formula is C17H24N4O3. The van der Waals surface area contributed by atoms with Crippen LogP contribution in [-0.4, -0.2) is 49.4 Å². The van der Waals surface area contributed by atoms with Crippen LogP contribution < -0.4 is 16.0 Å². The molecule has 24 heavy (non-hydrogen) atoms. The van der Waals surface area contributed by atoms with Gasteiger partial charge in [0.1, 0.15) is 6.04 Å². The highest BCUT2D eigenvalue weighted by atomic mass is 16.2. The molecule has 1 fully saturated rings. The van der Waals surface area contributed by atoms with Crippen LogP contribution in [0.1, 0.15) is 24.8 Å². The summed E-state index contributed by atoms with van der Waals surface area (Å²) in [6.45, 7) is 0.659. The Hall–Kier alpha value is -2.57. The molecule has 1 atom stereocenters. The molecular weight excluding hydrogens is 308 g/mol. The number of aryl methyl sites for hydroxylation is 1. The van der Waals surface area contributed by atoms with E-state index in [1.807, 2.05) is 18.2 Å². The lowest BCUT2D eigenvalue weighted by molar-refractivity contribution is -0.128. The highest BCUT2D eigenvalue weighted by Gasteiger charge is 2.23. The minimum absolute atomic E-state index is 0.0643. The van der Waals surface area contributed by atoms with Gasteiger partial charge in [0.2, 0.25) is 11.8 Å². The van der Waals surface area contributed by atoms with E-state index in [1.165, 1.54) is 0 Å². The molecule has 3 N–H and O–H groups in total. The number of piperidine rings is 1. The Labute approximate surface area is 141 Å². The summed E-state index contributed by atoms with van der Waals surface area (Å²) in [5, 5.41) is 8.14. The second kappa shape index (κ2) is 8.33. The van der Waals surface area contributed by atoms with Crippen LogP contribution in [-0.2, 0) is 16.0 Å². The maximum Gasteiger partial charge on any atom is 0.319 e. The highest BCUT2D eigenvalue weighted by Crippen LogP contribution is 2.13. The smallest absolute Gasteiger partial charge is 0.319 e. The van der Waals surface area contributed by atoms with E-state index in [2.05, 4.69) is 16.0 Å². The number of urea groups is 1. The third-order valence-corrected chi connectivity index (χ3v) is 3.90. The van der Waals surface area contributed by atoms with Crippen molar-refractivity contribution in [3.05, 3.63) is 29.8 Å². The van der Waals surface area contributed by atoms with E-state index in [4.69, 9.17) is 0 Å². The number of carbonyl (C=O) groups excluding carboxylic acids is 3. The van der Waals surface area contributed by atoms with Crippen LogP contribution in [0.25, 0.3) is 0 Å². The van der Waals surface area contributed by atoms with Crippen molar-refractivity contribution in [3.63, 3.8) is 0 Å². The molecule has 1 aromatic carbocycles. The van der Waals surface area contributed by atoms with Crippen LogP contribution in [0.15, 0.2) is 24.3 Å². The quantitative estimate of drug-likeness (QED) is 0.754. The first kappa shape index (κ1) is 17.8. The van der Waals surface area contributed by atoms with E-state index in [9.17, 15) is 14.4 Å². The third kappa shape index (κ3) is 5.26. The molecule has 130 valence electrons. The standard InChI is InChI=1S/C17H24N4O3/c1-21(2)15(22)9-8-12-5-3-6-13(11-12)19-17(24)20-14-7-4-10-18-16(14)23/h3,5-6,11,14H,4,7-10H2,1-2H3,(H,18,23)(H2,19,20,24)/t14-/m0/s1. The first-order valence-electron chi connectivity index (χ1n) is 8.10. The minimum Gasteiger partial charge on any atom is -0.354 e. The van der Waals surface area contributed by atoms with Crippen molar-refractivity contribution in [1.29, 1.82) is 0 Å². The van der Waals surface area contributed by atoms with E-state index >= 15 is 0 Å². The van der Waals surface area contributed by atoms with Crippen molar-refractivity contribution >= 4 is 23.5 Å². The average Bonchev–Trinajstić information content (AvgIpc) is 2.55. The Bertz CT molecular complexity index is 616. The number of nitrogens with zero attached hydrogens (tertiary/aromatic N) is 1. The van der Waals surface area contributed by atoms with Gasteiger partial charge in [0.15, 0.2) is 0 Å². The Kier molecular flexibility index (Phi) is 6.17. The van der Waals surface area contributed by atoms with Crippen LogP contribution in [0.5, 0.6) is 0 Å². The van der Waals surface area contributed by atoms with Gasteiger partial charge in [-0.15, -0.1) is 0 Å². The fourth-order valence-corrected chi connectivity index (χ4v) is 2.51. The number of rotatable bonds is 5. The summed E-state index contributed by atoms with van der Waals surface area (Å²) in [4.78, 5) is 36.9. The van der Waals surface area contributed by atoms with Gasteiger partial charge in [-0.25, -0.2) is 4.79 Å². The van der Waals surface area contributed by atoms with E-state index in [0.29, 0.717) is 31.5 Å². The number of carbonyl (C=O) groups is 3. The first-order valence-corrected chi connectivity index (χ1v) is 8.10. The maximum absolute atomic E-state index is 12.0. The molecule has 2 rings (SSSR count). The average molecular weight is 332 g/mol. The van der Waals surface area contributed by atoms with Gasteiger partial charge in [0, 0.05) is 32.7 Å². The van der Waals surface area contributed by atoms with Crippen molar-refractivity contribution < 1.29 is 14.4 Å². The molecule has 0 unspecified atom stereocenters. The number of hydrogen-bond acceptors (Lipinski definition) is 3. The zero-order chi connectivity index (χ0) is 17.5. The molecule has 0 saturated carbocycles. The highest BCUT2D eigenvalue weighted by molar-refractivity contribution is 5.94. The van der Waals surface area contributed by atoms with Gasteiger partial charge in [-0.1, -0.05) is 12.1 Å². The molecule has 0 spiro atoms. The van der Waals surface area contributed by atoms with Gasteiger partial charge in [-0.05, 0) is 37.0 Å². The van der Waals surface area contributed by atoms with E-state index in [0.717, 1.165) is 12.0 Å². The Morgan fingerprint density at radius 2 is 2.12 bits per heavy atom. The number of nitrogens with one attached hydrogen (secondary N) is 3. The van der Waals surface area contributed by atoms with Crippen molar-refractivity contribution in [3.8, 4) is 0 Å². The fraction of sp³-hybridized carbons (Fsp3) is 0.471. The summed E-state index contributed by atoms with van der Waals surface area (Å²) < 4.78 is 0. The van der Waals surface area contributed by atoms with E-state index in [-0.39, 0.29) is 11.8 Å². The SMILES string of the molecule is CN(C)C(=O)CCc1cccc(NC(=O)N[C@H]2CCCNC2=O)c1. The largest absolute Gasteiger partial charge is 0.354 e. The molecule has 0 bridgehead atoms. The molecule has 1 saturated heterocycles. The molecule has 7 nitrogen and oxygen atoms in total. The molecule has 1 aliphatic heterocycles. The van der Waals surface area contributed by atoms with Crippen molar-refractivity contribution in [1.82, 2.24) is 15.5 Å². The van der Waals surface area contributed by atoms with Crippen LogP contribution in [0.4, 0.5) is 10.5 Å². The number of anilines is 1. The summed E-state index contributed by atoms with van der Waals surface area (Å²) in [7, 11) is 3.46. The molecule has 1 aromatic rings. The molecule has 0 aliphatic carbocycles. The Balaban J connectivity index is 1.87. The van der Waals surface area contributed by atoms with Crippen LogP contribution in [0.2, 0.25) is 0 Å². The fourth-order valence-electron chi connectivity index (χ4n) is 2.51. The van der Waals surface area contributed by atoms with Crippen molar-refractivity contribution in [2.75, 3.05) is 26.0 Å². The molecule has 1 heterocycles.